The molecule has 0 spiro atoms. The van der Waals surface area contributed by atoms with Gasteiger partial charge in [0.2, 0.25) is 65.0 Å². The fraction of sp³-hybridized carbons (Fsp3) is 0.794. The standard InChI is InChI=1S/C63H113N11O12/c1-26-27-28-41(16)53(76)52-57(80)67-49(38(10)11)61(84)68(19)33-48(75)69(20)44(29-34(2)3)56(79)66-50(39(12)13)62(85)70(21)45(30-35(4)5)55(78)64-42(17)54(77)65-43(18)58(81)71(22)46(31-36(6)7)59(82)72(23)47(32-37(8)9)60(83)73(24)51(40(14)15)63(86)74(52)25/h26-27,34-47,49-53,76H,28-33H2,1-25H3,(H,64,78)(H,65,77)(H,66,79)(H,67,80)/b27-26+/t41-,42+,43-,44+,45+,46-,47+,49+,50+,51+,52?,53-/m1/s1. The average Bonchev–Trinajstić information content (AvgIpc) is 2.16. The Labute approximate surface area is 515 Å². The fourth-order valence-electron chi connectivity index (χ4n) is 10.8. The zero-order valence-electron chi connectivity index (χ0n) is 56.9. The Hall–Kier alpha value is -6.13. The third-order valence-corrected chi connectivity index (χ3v) is 16.3. The van der Waals surface area contributed by atoms with Gasteiger partial charge in [0.15, 0.2) is 0 Å². The summed E-state index contributed by atoms with van der Waals surface area (Å²) in [6, 6.07) is -12.4. The Morgan fingerprint density at radius 2 is 0.791 bits per heavy atom. The van der Waals surface area contributed by atoms with Gasteiger partial charge >= 0.3 is 0 Å². The van der Waals surface area contributed by atoms with Crippen LogP contribution in [0.5, 0.6) is 0 Å². The first-order valence-electron chi connectivity index (χ1n) is 30.9. The quantitative estimate of drug-likeness (QED) is 0.147. The predicted octanol–water partition coefficient (Wildman–Crippen LogP) is 3.52. The Morgan fingerprint density at radius 1 is 0.419 bits per heavy atom. The van der Waals surface area contributed by atoms with Crippen LogP contribution in [0.25, 0.3) is 0 Å². The van der Waals surface area contributed by atoms with Gasteiger partial charge in [-0.25, -0.2) is 0 Å². The molecule has 0 aliphatic carbocycles. The van der Waals surface area contributed by atoms with Gasteiger partial charge in [-0.3, -0.25) is 52.7 Å². The topological polar surface area (TPSA) is 279 Å². The lowest BCUT2D eigenvalue weighted by atomic mass is 9.91. The molecule has 0 bridgehead atoms. The molecule has 12 atom stereocenters. The van der Waals surface area contributed by atoms with Crippen molar-refractivity contribution in [3.8, 4) is 0 Å². The summed E-state index contributed by atoms with van der Waals surface area (Å²) in [6.45, 7) is 31.1. The maximum atomic E-state index is 15.2. The number of carbonyl (C=O) groups excluding carboxylic acids is 11. The number of aliphatic hydroxyl groups is 1. The van der Waals surface area contributed by atoms with E-state index in [0.717, 1.165) is 9.80 Å². The SMILES string of the molecule is C/C=C/C[C@@H](C)[C@@H](O)C1C(=O)N[C@@H](C(C)C)C(=O)N(C)CC(=O)N(C)[C@@H](CC(C)C)C(=O)N[C@@H](C(C)C)C(=O)N(C)[C@@H](CC(C)C)C(=O)N[C@@H](C)C(=O)N[C@H](C)C(=O)N(C)[C@H](CC(C)C)C(=O)N(C)[C@@H](CC(C)C)C(=O)N(C)[C@@H](C(C)C)C(=O)N1C. The molecule has 23 nitrogen and oxygen atoms in total. The highest BCUT2D eigenvalue weighted by atomic mass is 16.3. The molecule has 0 saturated carbocycles. The Kier molecular flexibility index (Phi) is 31.7. The molecular formula is C63H113N11O12. The van der Waals surface area contributed by atoms with E-state index >= 15 is 9.59 Å². The molecule has 1 aliphatic heterocycles. The van der Waals surface area contributed by atoms with Crippen molar-refractivity contribution in [2.75, 3.05) is 55.9 Å². The number of allylic oxidation sites excluding steroid dienone is 2. The summed E-state index contributed by atoms with van der Waals surface area (Å²) in [5.74, 6) is -10.3. The van der Waals surface area contributed by atoms with Crippen LogP contribution in [0.3, 0.4) is 0 Å². The fourth-order valence-corrected chi connectivity index (χ4v) is 10.8. The minimum Gasteiger partial charge on any atom is -0.390 e. The summed E-state index contributed by atoms with van der Waals surface area (Å²) in [5.41, 5.74) is 0. The lowest BCUT2D eigenvalue weighted by molar-refractivity contribution is -0.157. The minimum atomic E-state index is -1.62. The van der Waals surface area contributed by atoms with E-state index in [0.29, 0.717) is 6.42 Å². The first kappa shape index (κ1) is 77.9. The molecule has 1 rings (SSSR count). The molecule has 1 aliphatic rings. The van der Waals surface area contributed by atoms with Crippen LogP contribution < -0.4 is 21.3 Å². The Balaban J connectivity index is 4.37. The first-order valence-corrected chi connectivity index (χ1v) is 30.9. The maximum absolute atomic E-state index is 15.2. The molecule has 1 unspecified atom stereocenters. The number of nitrogens with one attached hydrogen (secondary N) is 4. The largest absolute Gasteiger partial charge is 0.390 e. The Bertz CT molecular complexity index is 2360. The van der Waals surface area contributed by atoms with Gasteiger partial charge in [-0.2, -0.15) is 0 Å². The molecule has 1 fully saturated rings. The zero-order valence-corrected chi connectivity index (χ0v) is 56.9. The number of hydrogen-bond donors (Lipinski definition) is 5. The summed E-state index contributed by atoms with van der Waals surface area (Å²) in [7, 11) is 9.93. The summed E-state index contributed by atoms with van der Waals surface area (Å²) in [4.78, 5) is 169. The minimum absolute atomic E-state index is 0.131. The van der Waals surface area contributed by atoms with Crippen molar-refractivity contribution >= 4 is 65.0 Å². The number of likely N-dealkylation sites (N-methyl/N-ethyl adjacent to an activating group) is 7. The molecule has 11 amide bonds. The van der Waals surface area contributed by atoms with E-state index in [-0.39, 0.29) is 49.4 Å². The van der Waals surface area contributed by atoms with Gasteiger partial charge in [-0.05, 0) is 100 Å². The monoisotopic (exact) mass is 1220 g/mol. The van der Waals surface area contributed by atoms with Crippen molar-refractivity contribution in [1.29, 1.82) is 0 Å². The maximum Gasteiger partial charge on any atom is 0.246 e. The molecule has 0 aromatic carbocycles. The van der Waals surface area contributed by atoms with E-state index in [9.17, 15) is 48.3 Å². The van der Waals surface area contributed by atoms with E-state index in [1.165, 1.54) is 87.7 Å². The van der Waals surface area contributed by atoms with Gasteiger partial charge in [-0.15, -0.1) is 0 Å². The third kappa shape index (κ3) is 21.6. The van der Waals surface area contributed by atoms with E-state index < -0.39 is 162 Å². The van der Waals surface area contributed by atoms with Gasteiger partial charge in [-0.1, -0.05) is 116 Å². The molecular weight excluding hydrogens is 1100 g/mol. The molecule has 0 radical (unpaired) electrons. The van der Waals surface area contributed by atoms with E-state index in [2.05, 4.69) is 21.3 Å². The molecule has 5 N–H and O–H groups in total. The van der Waals surface area contributed by atoms with Gasteiger partial charge in [0.1, 0.15) is 60.4 Å². The van der Waals surface area contributed by atoms with Crippen molar-refractivity contribution in [3.63, 3.8) is 0 Å². The van der Waals surface area contributed by atoms with Gasteiger partial charge in [0.05, 0.1) is 12.6 Å². The molecule has 1 saturated heterocycles. The second-order valence-electron chi connectivity index (χ2n) is 26.9. The molecule has 23 heteroatoms. The van der Waals surface area contributed by atoms with Crippen LogP contribution in [0.2, 0.25) is 0 Å². The smallest absolute Gasteiger partial charge is 0.246 e. The Morgan fingerprint density at radius 3 is 1.23 bits per heavy atom. The summed E-state index contributed by atoms with van der Waals surface area (Å²) < 4.78 is 0. The summed E-state index contributed by atoms with van der Waals surface area (Å²) in [6.07, 6.45) is 3.00. The average molecular weight is 1220 g/mol. The second-order valence-corrected chi connectivity index (χ2v) is 26.9. The van der Waals surface area contributed by atoms with Crippen LogP contribution in [0.1, 0.15) is 157 Å². The lowest BCUT2D eigenvalue weighted by Crippen LogP contribution is -2.64. The molecule has 492 valence electrons. The van der Waals surface area contributed by atoms with Crippen molar-refractivity contribution in [2.45, 2.75) is 223 Å². The number of carbonyl (C=O) groups is 11. The van der Waals surface area contributed by atoms with Gasteiger partial charge < -0.3 is 60.7 Å². The van der Waals surface area contributed by atoms with Crippen molar-refractivity contribution in [1.82, 2.24) is 55.6 Å². The van der Waals surface area contributed by atoms with Crippen molar-refractivity contribution < 1.29 is 57.8 Å². The van der Waals surface area contributed by atoms with E-state index in [1.807, 2.05) is 61.5 Å². The van der Waals surface area contributed by atoms with Crippen LogP contribution in [0.15, 0.2) is 12.2 Å². The van der Waals surface area contributed by atoms with Crippen LogP contribution in [-0.2, 0) is 52.7 Å². The number of nitrogens with zero attached hydrogens (tertiary/aromatic N) is 7. The van der Waals surface area contributed by atoms with Crippen LogP contribution in [-0.4, -0.2) is 227 Å². The van der Waals surface area contributed by atoms with Crippen LogP contribution in [0, 0.1) is 47.3 Å². The highest BCUT2D eigenvalue weighted by Crippen LogP contribution is 2.26. The number of rotatable bonds is 15. The first-order chi connectivity index (χ1) is 39.6. The molecule has 0 aromatic rings. The van der Waals surface area contributed by atoms with E-state index in [1.54, 1.807) is 61.5 Å². The van der Waals surface area contributed by atoms with Crippen molar-refractivity contribution in [2.24, 2.45) is 47.3 Å². The second kappa shape index (κ2) is 35.0. The van der Waals surface area contributed by atoms with E-state index in [4.69, 9.17) is 0 Å². The zero-order chi connectivity index (χ0) is 66.8. The summed E-state index contributed by atoms with van der Waals surface area (Å²) in [5, 5.41) is 23.2. The molecule has 1 heterocycles. The highest BCUT2D eigenvalue weighted by Gasteiger charge is 2.46. The normalized spacial score (nSPS) is 26.8. The predicted molar refractivity (Wildman–Crippen MR) is 333 cm³/mol. The number of aliphatic hydroxyl groups excluding tert-OH is 1. The van der Waals surface area contributed by atoms with Crippen LogP contribution in [0.4, 0.5) is 0 Å². The van der Waals surface area contributed by atoms with Gasteiger partial charge in [0, 0.05) is 49.3 Å². The number of hydrogen-bond acceptors (Lipinski definition) is 12. The molecule has 0 aromatic heterocycles. The third-order valence-electron chi connectivity index (χ3n) is 16.3. The van der Waals surface area contributed by atoms with Crippen LogP contribution >= 0.6 is 0 Å². The highest BCUT2D eigenvalue weighted by molar-refractivity contribution is 5.99. The summed E-state index contributed by atoms with van der Waals surface area (Å²) >= 11 is 0. The number of amides is 11. The van der Waals surface area contributed by atoms with Crippen molar-refractivity contribution in [3.05, 3.63) is 12.2 Å². The molecule has 86 heavy (non-hydrogen) atoms. The lowest BCUT2D eigenvalue weighted by Gasteiger charge is -2.41. The van der Waals surface area contributed by atoms with Gasteiger partial charge in [0.25, 0.3) is 0 Å².